The fourth-order valence-electron chi connectivity index (χ4n) is 6.75. The number of aromatic nitrogens is 2. The van der Waals surface area contributed by atoms with Gasteiger partial charge in [0, 0.05) is 18.3 Å². The van der Waals surface area contributed by atoms with Crippen LogP contribution in [0, 0.1) is 11.8 Å². The molecule has 7 rings (SSSR count). The van der Waals surface area contributed by atoms with E-state index in [2.05, 4.69) is 82.7 Å². The summed E-state index contributed by atoms with van der Waals surface area (Å²) in [6.45, 7) is 4.79. The van der Waals surface area contributed by atoms with E-state index in [1.54, 1.807) is 0 Å². The first-order valence-electron chi connectivity index (χ1n) is 16.2. The van der Waals surface area contributed by atoms with Gasteiger partial charge in [-0.25, -0.2) is 4.98 Å². The molecule has 1 atom stereocenters. The summed E-state index contributed by atoms with van der Waals surface area (Å²) < 4.78 is 2.14. The van der Waals surface area contributed by atoms with Crippen molar-refractivity contribution in [2.24, 2.45) is 11.8 Å². The average molecular weight is 606 g/mol. The third kappa shape index (κ3) is 5.21. The Balaban J connectivity index is 1.33. The van der Waals surface area contributed by atoms with E-state index in [-0.39, 0.29) is 11.8 Å². The molecule has 1 amide bonds. The Morgan fingerprint density at radius 2 is 1.33 bits per heavy atom. The lowest BCUT2D eigenvalue weighted by Gasteiger charge is -2.37. The summed E-state index contributed by atoms with van der Waals surface area (Å²) in [5.74, 6) is 0.406. The molecule has 1 aliphatic rings. The van der Waals surface area contributed by atoms with E-state index >= 15 is 0 Å². The van der Waals surface area contributed by atoms with E-state index in [1.165, 1.54) is 12.8 Å². The molecule has 1 fully saturated rings. The van der Waals surface area contributed by atoms with Gasteiger partial charge in [0.1, 0.15) is 11.1 Å². The molecule has 5 aromatic carbocycles. The normalized spacial score (nSPS) is 14.7. The van der Waals surface area contributed by atoms with Crippen LogP contribution in [0.5, 0.6) is 0 Å². The van der Waals surface area contributed by atoms with Crippen LogP contribution in [-0.2, 0) is 11.1 Å². The molecule has 0 radical (unpaired) electrons. The molecular weight excluding hydrogens is 566 g/mol. The molecule has 1 aromatic heterocycles. The highest BCUT2D eigenvalue weighted by Crippen LogP contribution is 2.43. The van der Waals surface area contributed by atoms with Crippen LogP contribution in [0.25, 0.3) is 10.8 Å². The number of benzene rings is 5. The van der Waals surface area contributed by atoms with Gasteiger partial charge < -0.3 is 15.0 Å². The van der Waals surface area contributed by atoms with E-state index in [4.69, 9.17) is 4.98 Å². The molecule has 0 bridgehead atoms. The first-order chi connectivity index (χ1) is 22.4. The van der Waals surface area contributed by atoms with E-state index in [1.807, 2.05) is 81.0 Å². The number of nitrogens with zero attached hydrogens (tertiary/aromatic N) is 2. The Hall–Kier alpha value is -5.00. The second kappa shape index (κ2) is 12.1. The van der Waals surface area contributed by atoms with Crippen LogP contribution in [0.15, 0.2) is 140 Å². The van der Waals surface area contributed by atoms with E-state index in [0.29, 0.717) is 17.2 Å². The molecule has 46 heavy (non-hydrogen) atoms. The summed E-state index contributed by atoms with van der Waals surface area (Å²) in [6, 6.07) is 43.1. The fraction of sp³-hybridized carbons (Fsp3) is 0.220. The molecule has 0 aliphatic heterocycles. The van der Waals surface area contributed by atoms with E-state index in [0.717, 1.165) is 39.6 Å². The first-order valence-corrected chi connectivity index (χ1v) is 16.2. The van der Waals surface area contributed by atoms with Crippen molar-refractivity contribution in [3.8, 4) is 0 Å². The average Bonchev–Trinajstić information content (AvgIpc) is 3.81. The summed E-state index contributed by atoms with van der Waals surface area (Å²) in [7, 11) is 0. The van der Waals surface area contributed by atoms with Crippen LogP contribution in [-0.4, -0.2) is 27.1 Å². The second-order valence-corrected chi connectivity index (χ2v) is 12.8. The summed E-state index contributed by atoms with van der Waals surface area (Å²) in [6.07, 6.45) is 6.25. The summed E-state index contributed by atoms with van der Waals surface area (Å²) in [5.41, 5.74) is 3.16. The largest absolute Gasteiger partial charge is 0.378 e. The molecule has 5 heteroatoms. The quantitative estimate of drug-likeness (QED) is 0.156. The number of nitrogens with one attached hydrogen (secondary N) is 1. The molecule has 0 saturated heterocycles. The molecule has 2 N–H and O–H groups in total. The van der Waals surface area contributed by atoms with Crippen LogP contribution >= 0.6 is 0 Å². The number of amides is 1. The lowest BCUT2D eigenvalue weighted by Crippen LogP contribution is -2.37. The highest BCUT2D eigenvalue weighted by Gasteiger charge is 2.42. The van der Waals surface area contributed by atoms with Crippen LogP contribution in [0.3, 0.4) is 0 Å². The van der Waals surface area contributed by atoms with Crippen molar-refractivity contribution in [1.29, 1.82) is 0 Å². The Morgan fingerprint density at radius 1 is 0.783 bits per heavy atom. The SMILES string of the molecule is CC(C)C(O)(c1ccc2cc(C(=O)NCC3CC3)ccc2c1)c1cn(C(c2ccccc2)(c2ccccc2)c2ccccc2)cn1. The third-order valence-electron chi connectivity index (χ3n) is 9.56. The van der Waals surface area contributed by atoms with Crippen molar-refractivity contribution in [2.75, 3.05) is 6.54 Å². The highest BCUT2D eigenvalue weighted by molar-refractivity contribution is 5.98. The Labute approximate surface area is 270 Å². The maximum atomic E-state index is 12.8. The van der Waals surface area contributed by atoms with Crippen LogP contribution < -0.4 is 5.32 Å². The number of fused-ring (bicyclic) bond motifs is 1. The van der Waals surface area contributed by atoms with Gasteiger partial charge in [-0.1, -0.05) is 123 Å². The van der Waals surface area contributed by atoms with E-state index < -0.39 is 11.1 Å². The first kappa shape index (κ1) is 29.7. The zero-order valence-electron chi connectivity index (χ0n) is 26.3. The number of hydrogen-bond donors (Lipinski definition) is 2. The fourth-order valence-corrected chi connectivity index (χ4v) is 6.75. The number of carbonyl (C=O) groups is 1. The van der Waals surface area contributed by atoms with Crippen molar-refractivity contribution in [3.05, 3.63) is 173 Å². The summed E-state index contributed by atoms with van der Waals surface area (Å²) >= 11 is 0. The lowest BCUT2D eigenvalue weighted by atomic mass is 9.76. The van der Waals surface area contributed by atoms with Crippen LogP contribution in [0.2, 0.25) is 0 Å². The number of imidazole rings is 1. The molecule has 1 heterocycles. The molecular formula is C41H39N3O2. The van der Waals surface area contributed by atoms with Crippen molar-refractivity contribution in [3.63, 3.8) is 0 Å². The van der Waals surface area contributed by atoms with Gasteiger partial charge in [-0.3, -0.25) is 4.79 Å². The van der Waals surface area contributed by atoms with E-state index in [9.17, 15) is 9.90 Å². The zero-order valence-corrected chi connectivity index (χ0v) is 26.3. The Bertz CT molecular complexity index is 1870. The number of aliphatic hydroxyl groups is 1. The Morgan fingerprint density at radius 3 is 1.87 bits per heavy atom. The molecule has 230 valence electrons. The molecule has 5 nitrogen and oxygen atoms in total. The maximum absolute atomic E-state index is 12.8. The van der Waals surface area contributed by atoms with Gasteiger partial charge in [-0.05, 0) is 75.9 Å². The molecule has 6 aromatic rings. The molecule has 0 spiro atoms. The topological polar surface area (TPSA) is 67.2 Å². The van der Waals surface area contributed by atoms with Crippen molar-refractivity contribution in [1.82, 2.24) is 14.9 Å². The minimum Gasteiger partial charge on any atom is -0.378 e. The third-order valence-corrected chi connectivity index (χ3v) is 9.56. The van der Waals surface area contributed by atoms with Gasteiger partial charge in [0.25, 0.3) is 5.91 Å². The van der Waals surface area contributed by atoms with Gasteiger partial charge in [0.15, 0.2) is 0 Å². The number of carbonyl (C=O) groups excluding carboxylic acids is 1. The van der Waals surface area contributed by atoms with Crippen LogP contribution in [0.4, 0.5) is 0 Å². The highest BCUT2D eigenvalue weighted by atomic mass is 16.3. The minimum atomic E-state index is -1.37. The monoisotopic (exact) mass is 605 g/mol. The molecule has 1 saturated carbocycles. The van der Waals surface area contributed by atoms with Gasteiger partial charge >= 0.3 is 0 Å². The summed E-state index contributed by atoms with van der Waals surface area (Å²) in [5, 5.41) is 17.6. The van der Waals surface area contributed by atoms with Gasteiger partial charge in [-0.2, -0.15) is 0 Å². The van der Waals surface area contributed by atoms with Gasteiger partial charge in [0.2, 0.25) is 0 Å². The van der Waals surface area contributed by atoms with Crippen molar-refractivity contribution in [2.45, 2.75) is 37.8 Å². The maximum Gasteiger partial charge on any atom is 0.251 e. The Kier molecular flexibility index (Phi) is 7.79. The second-order valence-electron chi connectivity index (χ2n) is 12.8. The smallest absolute Gasteiger partial charge is 0.251 e. The standard InChI is InChI=1S/C41H39N3O2/c1-29(2)41(46,37-23-22-31-24-33(21-20-32(31)25-37)39(45)42-26-30-18-19-30)38-27-44(28-43-38)40(34-12-6-3-7-13-34,35-14-8-4-9-15-35)36-16-10-5-11-17-36/h3-17,20-25,27-30,46H,18-19,26H2,1-2H3,(H,42,45). The van der Waals surface area contributed by atoms with Gasteiger partial charge in [0.05, 0.1) is 12.0 Å². The van der Waals surface area contributed by atoms with Crippen molar-refractivity contribution >= 4 is 16.7 Å². The van der Waals surface area contributed by atoms with Crippen LogP contribution in [0.1, 0.15) is 65.0 Å². The van der Waals surface area contributed by atoms with Crippen molar-refractivity contribution < 1.29 is 9.90 Å². The lowest BCUT2D eigenvalue weighted by molar-refractivity contribution is 0.0279. The predicted molar refractivity (Wildman–Crippen MR) is 184 cm³/mol. The number of rotatable bonds is 10. The molecule has 1 aliphatic carbocycles. The number of hydrogen-bond acceptors (Lipinski definition) is 3. The minimum absolute atomic E-state index is 0.0409. The van der Waals surface area contributed by atoms with Gasteiger partial charge in [-0.15, -0.1) is 0 Å². The predicted octanol–water partition coefficient (Wildman–Crippen LogP) is 7.91. The molecule has 1 unspecified atom stereocenters. The zero-order chi connectivity index (χ0) is 31.7. The summed E-state index contributed by atoms with van der Waals surface area (Å²) in [4.78, 5) is 17.7.